The van der Waals surface area contributed by atoms with Crippen molar-refractivity contribution in [1.82, 2.24) is 4.90 Å². The molecule has 1 unspecified atom stereocenters. The van der Waals surface area contributed by atoms with Gasteiger partial charge in [0, 0.05) is 41.7 Å². The van der Waals surface area contributed by atoms with E-state index >= 15 is 0 Å². The van der Waals surface area contributed by atoms with E-state index in [2.05, 4.69) is 18.7 Å². The van der Waals surface area contributed by atoms with Gasteiger partial charge in [-0.3, -0.25) is 4.90 Å². The first-order chi connectivity index (χ1) is 9.44. The van der Waals surface area contributed by atoms with Gasteiger partial charge >= 0.3 is 0 Å². The third kappa shape index (κ3) is 3.67. The average Bonchev–Trinajstić information content (AvgIpc) is 2.57. The molecule has 1 saturated heterocycles. The highest BCUT2D eigenvalue weighted by Gasteiger charge is 2.29. The molecule has 1 aliphatic rings. The van der Waals surface area contributed by atoms with Crippen LogP contribution >= 0.6 is 23.4 Å². The van der Waals surface area contributed by atoms with E-state index in [-0.39, 0.29) is 21.6 Å². The fourth-order valence-electron chi connectivity index (χ4n) is 2.60. The minimum atomic E-state index is -0.333. The lowest BCUT2D eigenvalue weighted by Gasteiger charge is -2.30. The minimum Gasteiger partial charge on any atom is -0.329 e. The zero-order valence-corrected chi connectivity index (χ0v) is 13.6. The number of hydrogen-bond acceptors (Lipinski definition) is 3. The summed E-state index contributed by atoms with van der Waals surface area (Å²) in [6, 6.07) is 5.07. The highest BCUT2D eigenvalue weighted by molar-refractivity contribution is 8.00. The van der Waals surface area contributed by atoms with Gasteiger partial charge < -0.3 is 5.73 Å². The van der Waals surface area contributed by atoms with E-state index in [9.17, 15) is 4.39 Å². The van der Waals surface area contributed by atoms with Crippen molar-refractivity contribution < 1.29 is 4.39 Å². The number of rotatable bonds is 3. The van der Waals surface area contributed by atoms with Gasteiger partial charge in [0.15, 0.2) is 0 Å². The standard InChI is InChI=1S/C15H22ClFN2S/c1-15(2)6-7-19(8-9-20-15)13(10-18)11-4-3-5-12(16)14(11)17/h3-5,13H,6-10,18H2,1-2H3. The second-order valence-corrected chi connectivity index (χ2v) is 8.00. The van der Waals surface area contributed by atoms with Crippen molar-refractivity contribution in [3.63, 3.8) is 0 Å². The topological polar surface area (TPSA) is 29.3 Å². The predicted octanol–water partition coefficient (Wildman–Crippen LogP) is 3.70. The van der Waals surface area contributed by atoms with Crippen LogP contribution in [0.3, 0.4) is 0 Å². The van der Waals surface area contributed by atoms with Crippen LogP contribution in [-0.4, -0.2) is 35.0 Å². The number of hydrogen-bond donors (Lipinski definition) is 1. The second kappa shape index (κ2) is 6.65. The monoisotopic (exact) mass is 316 g/mol. The summed E-state index contributed by atoms with van der Waals surface area (Å²) in [5, 5.41) is 0.172. The van der Waals surface area contributed by atoms with Crippen molar-refractivity contribution in [1.29, 1.82) is 0 Å². The number of thioether (sulfide) groups is 1. The Morgan fingerprint density at radius 2 is 2.20 bits per heavy atom. The first kappa shape index (κ1) is 16.1. The molecule has 2 N–H and O–H groups in total. The number of nitrogens with two attached hydrogens (primary N) is 1. The molecule has 1 heterocycles. The van der Waals surface area contributed by atoms with Crippen LogP contribution in [0.15, 0.2) is 18.2 Å². The Labute approximate surface area is 129 Å². The molecule has 2 nitrogen and oxygen atoms in total. The fraction of sp³-hybridized carbons (Fsp3) is 0.600. The highest BCUT2D eigenvalue weighted by atomic mass is 35.5. The molecule has 0 saturated carbocycles. The van der Waals surface area contributed by atoms with Crippen LogP contribution in [-0.2, 0) is 0 Å². The van der Waals surface area contributed by atoms with E-state index in [4.69, 9.17) is 17.3 Å². The maximum atomic E-state index is 14.2. The SMILES string of the molecule is CC1(C)CCN(C(CN)c2cccc(Cl)c2F)CCS1. The lowest BCUT2D eigenvalue weighted by Crippen LogP contribution is -2.36. The van der Waals surface area contributed by atoms with Crippen LogP contribution in [0.5, 0.6) is 0 Å². The Kier molecular flexibility index (Phi) is 5.35. The molecule has 5 heteroatoms. The summed E-state index contributed by atoms with van der Waals surface area (Å²) in [5.74, 6) is 0.715. The van der Waals surface area contributed by atoms with Crippen LogP contribution in [0.25, 0.3) is 0 Å². The summed E-state index contributed by atoms with van der Waals surface area (Å²) < 4.78 is 14.5. The molecular formula is C15H22ClFN2S. The summed E-state index contributed by atoms with van der Waals surface area (Å²) in [7, 11) is 0. The van der Waals surface area contributed by atoms with Gasteiger partial charge in [0.2, 0.25) is 0 Å². The molecule has 1 atom stereocenters. The van der Waals surface area contributed by atoms with Gasteiger partial charge in [-0.1, -0.05) is 37.6 Å². The molecule has 1 aliphatic heterocycles. The molecule has 0 aliphatic carbocycles. The Morgan fingerprint density at radius 3 is 2.90 bits per heavy atom. The highest BCUT2D eigenvalue weighted by Crippen LogP contribution is 2.34. The van der Waals surface area contributed by atoms with E-state index in [0.29, 0.717) is 12.1 Å². The van der Waals surface area contributed by atoms with E-state index in [0.717, 1.165) is 25.3 Å². The van der Waals surface area contributed by atoms with E-state index in [1.807, 2.05) is 11.8 Å². The molecule has 2 rings (SSSR count). The first-order valence-electron chi connectivity index (χ1n) is 6.96. The quantitative estimate of drug-likeness (QED) is 0.922. The van der Waals surface area contributed by atoms with Crippen molar-refractivity contribution >= 4 is 23.4 Å². The Morgan fingerprint density at radius 1 is 1.45 bits per heavy atom. The maximum Gasteiger partial charge on any atom is 0.146 e. The number of halogens is 2. The molecule has 0 spiro atoms. The lowest BCUT2D eigenvalue weighted by atomic mass is 10.0. The predicted molar refractivity (Wildman–Crippen MR) is 85.9 cm³/mol. The van der Waals surface area contributed by atoms with Gasteiger partial charge in [-0.05, 0) is 12.5 Å². The van der Waals surface area contributed by atoms with Gasteiger partial charge in [0.1, 0.15) is 5.82 Å². The molecule has 0 aromatic heterocycles. The Bertz CT molecular complexity index is 467. The zero-order valence-electron chi connectivity index (χ0n) is 12.0. The maximum absolute atomic E-state index is 14.2. The summed E-state index contributed by atoms with van der Waals surface area (Å²) in [6.07, 6.45) is 1.08. The summed E-state index contributed by atoms with van der Waals surface area (Å²) in [4.78, 5) is 2.29. The molecule has 1 aromatic carbocycles. The first-order valence-corrected chi connectivity index (χ1v) is 8.33. The molecule has 1 aromatic rings. The van der Waals surface area contributed by atoms with Gasteiger partial charge in [-0.2, -0.15) is 11.8 Å². The van der Waals surface area contributed by atoms with Crippen LogP contribution in [0.1, 0.15) is 31.9 Å². The molecular weight excluding hydrogens is 295 g/mol. The van der Waals surface area contributed by atoms with Crippen LogP contribution < -0.4 is 5.73 Å². The molecule has 0 amide bonds. The normalized spacial score (nSPS) is 21.4. The van der Waals surface area contributed by atoms with E-state index < -0.39 is 0 Å². The molecule has 20 heavy (non-hydrogen) atoms. The van der Waals surface area contributed by atoms with Crippen LogP contribution in [0, 0.1) is 5.82 Å². The van der Waals surface area contributed by atoms with E-state index in [1.54, 1.807) is 18.2 Å². The lowest BCUT2D eigenvalue weighted by molar-refractivity contribution is 0.207. The van der Waals surface area contributed by atoms with Gasteiger partial charge in [0.05, 0.1) is 5.02 Å². The van der Waals surface area contributed by atoms with Crippen molar-refractivity contribution in [3.8, 4) is 0 Å². The largest absolute Gasteiger partial charge is 0.329 e. The summed E-state index contributed by atoms with van der Waals surface area (Å²) >= 11 is 7.87. The van der Waals surface area contributed by atoms with E-state index in [1.165, 1.54) is 0 Å². The van der Waals surface area contributed by atoms with Crippen molar-refractivity contribution in [2.75, 3.05) is 25.4 Å². The van der Waals surface area contributed by atoms with Crippen molar-refractivity contribution in [3.05, 3.63) is 34.6 Å². The van der Waals surface area contributed by atoms with Crippen molar-refractivity contribution in [2.45, 2.75) is 31.1 Å². The third-order valence-corrected chi connectivity index (χ3v) is 5.54. The Hall–Kier alpha value is -0.290. The van der Waals surface area contributed by atoms with Gasteiger partial charge in [-0.15, -0.1) is 0 Å². The molecule has 0 bridgehead atoms. The fourth-order valence-corrected chi connectivity index (χ4v) is 3.89. The minimum absolute atomic E-state index is 0.0943. The van der Waals surface area contributed by atoms with Gasteiger partial charge in [0.25, 0.3) is 0 Å². The zero-order chi connectivity index (χ0) is 14.8. The molecule has 0 radical (unpaired) electrons. The molecule has 1 fully saturated rings. The Balaban J connectivity index is 2.21. The number of nitrogens with zero attached hydrogens (tertiary/aromatic N) is 1. The second-order valence-electron chi connectivity index (χ2n) is 5.79. The smallest absolute Gasteiger partial charge is 0.146 e. The third-order valence-electron chi connectivity index (χ3n) is 3.88. The summed E-state index contributed by atoms with van der Waals surface area (Å²) in [6.45, 7) is 6.80. The number of benzene rings is 1. The van der Waals surface area contributed by atoms with Crippen molar-refractivity contribution in [2.24, 2.45) is 5.73 Å². The molecule has 112 valence electrons. The van der Waals surface area contributed by atoms with Crippen LogP contribution in [0.2, 0.25) is 5.02 Å². The van der Waals surface area contributed by atoms with Gasteiger partial charge in [-0.25, -0.2) is 4.39 Å². The van der Waals surface area contributed by atoms with Crippen LogP contribution in [0.4, 0.5) is 4.39 Å². The summed E-state index contributed by atoms with van der Waals surface area (Å²) in [5.41, 5.74) is 6.53. The average molecular weight is 317 g/mol.